The smallest absolute Gasteiger partial charge is 0.338 e. The van der Waals surface area contributed by atoms with Gasteiger partial charge in [-0.25, -0.2) is 4.79 Å². The van der Waals surface area contributed by atoms with Crippen LogP contribution in [0.3, 0.4) is 0 Å². The summed E-state index contributed by atoms with van der Waals surface area (Å²) in [5, 5.41) is 0. The lowest BCUT2D eigenvalue weighted by Gasteiger charge is -2.11. The molecule has 0 aliphatic carbocycles. The molecule has 7 nitrogen and oxygen atoms in total. The predicted octanol–water partition coefficient (Wildman–Crippen LogP) is 4.01. The maximum atomic E-state index is 11.8. The Hall–Kier alpha value is -3.52. The minimum atomic E-state index is -3.55. The molecule has 0 heterocycles. The van der Waals surface area contributed by atoms with Crippen LogP contribution < -0.4 is 13.7 Å². The van der Waals surface area contributed by atoms with Crippen LogP contribution in [0.15, 0.2) is 72.8 Å². The highest BCUT2D eigenvalue weighted by molar-refractivity contribution is 7.86. The standard InChI is InChI=1S/C24H24O7S/c1-28-24(25)23-6-4-3-5-19(23)17-30-21-9-7-18(8-10-21)15-16-29-20-11-13-22(14-12-20)31-32(2,26)27/h3-14H,15-17H2,1-2H3. The Bertz CT molecular complexity index is 1140. The van der Waals surface area contributed by atoms with E-state index < -0.39 is 16.1 Å². The summed E-state index contributed by atoms with van der Waals surface area (Å²) in [5.41, 5.74) is 2.31. The summed E-state index contributed by atoms with van der Waals surface area (Å²) in [5.74, 6) is 1.16. The molecule has 0 unspecified atom stereocenters. The van der Waals surface area contributed by atoms with Crippen molar-refractivity contribution in [2.24, 2.45) is 0 Å². The van der Waals surface area contributed by atoms with Crippen LogP contribution in [0, 0.1) is 0 Å². The Balaban J connectivity index is 1.48. The number of carbonyl (C=O) groups is 1. The molecule has 0 aliphatic heterocycles. The maximum absolute atomic E-state index is 11.8. The van der Waals surface area contributed by atoms with Gasteiger partial charge in [0.15, 0.2) is 0 Å². The van der Waals surface area contributed by atoms with E-state index >= 15 is 0 Å². The van der Waals surface area contributed by atoms with Crippen molar-refractivity contribution in [1.29, 1.82) is 0 Å². The van der Waals surface area contributed by atoms with Crippen LogP contribution in [-0.4, -0.2) is 34.4 Å². The van der Waals surface area contributed by atoms with Crippen LogP contribution in [0.5, 0.6) is 17.2 Å². The monoisotopic (exact) mass is 456 g/mol. The molecule has 0 aliphatic rings. The third-order valence-corrected chi connectivity index (χ3v) is 4.97. The molecule has 0 fully saturated rings. The molecule has 3 rings (SSSR count). The molecule has 0 atom stereocenters. The number of benzene rings is 3. The molecule has 0 spiro atoms. The van der Waals surface area contributed by atoms with E-state index in [0.717, 1.165) is 17.4 Å². The van der Waals surface area contributed by atoms with Crippen molar-refractivity contribution in [1.82, 2.24) is 0 Å². The van der Waals surface area contributed by atoms with Gasteiger partial charge in [0, 0.05) is 12.0 Å². The van der Waals surface area contributed by atoms with Gasteiger partial charge in [0.1, 0.15) is 23.9 Å². The first-order valence-corrected chi connectivity index (χ1v) is 11.7. The van der Waals surface area contributed by atoms with Crippen LogP contribution >= 0.6 is 0 Å². The minimum Gasteiger partial charge on any atom is -0.493 e. The fourth-order valence-corrected chi connectivity index (χ4v) is 3.38. The molecule has 32 heavy (non-hydrogen) atoms. The summed E-state index contributed by atoms with van der Waals surface area (Å²) in [6.07, 6.45) is 1.68. The van der Waals surface area contributed by atoms with Gasteiger partial charge in [-0.15, -0.1) is 0 Å². The fourth-order valence-electron chi connectivity index (χ4n) is 2.92. The van der Waals surface area contributed by atoms with Crippen molar-refractivity contribution in [3.63, 3.8) is 0 Å². The molecule has 0 N–H and O–H groups in total. The van der Waals surface area contributed by atoms with E-state index in [2.05, 4.69) is 0 Å². The van der Waals surface area contributed by atoms with Crippen molar-refractivity contribution < 1.29 is 31.6 Å². The number of rotatable bonds is 10. The van der Waals surface area contributed by atoms with Crippen LogP contribution in [-0.2, 0) is 27.9 Å². The number of hydrogen-bond acceptors (Lipinski definition) is 7. The SMILES string of the molecule is COC(=O)c1ccccc1COc1ccc(CCOc2ccc(OS(C)(=O)=O)cc2)cc1. The molecule has 0 saturated carbocycles. The molecule has 8 heteroatoms. The van der Waals surface area contributed by atoms with Crippen molar-refractivity contribution in [2.45, 2.75) is 13.0 Å². The largest absolute Gasteiger partial charge is 0.493 e. The zero-order chi connectivity index (χ0) is 23.0. The predicted molar refractivity (Wildman–Crippen MR) is 120 cm³/mol. The zero-order valence-corrected chi connectivity index (χ0v) is 18.6. The van der Waals surface area contributed by atoms with Crippen molar-refractivity contribution in [3.05, 3.63) is 89.5 Å². The molecule has 0 amide bonds. The molecule has 168 valence electrons. The summed E-state index contributed by atoms with van der Waals surface area (Å²) in [4.78, 5) is 11.8. The first-order chi connectivity index (χ1) is 15.3. The third-order valence-electron chi connectivity index (χ3n) is 4.47. The van der Waals surface area contributed by atoms with Crippen LogP contribution in [0.2, 0.25) is 0 Å². The highest BCUT2D eigenvalue weighted by Gasteiger charge is 2.11. The van der Waals surface area contributed by atoms with Crippen LogP contribution in [0.4, 0.5) is 0 Å². The second kappa shape index (κ2) is 10.7. The van der Waals surface area contributed by atoms with Gasteiger partial charge in [-0.1, -0.05) is 30.3 Å². The maximum Gasteiger partial charge on any atom is 0.338 e. The lowest BCUT2D eigenvalue weighted by atomic mass is 10.1. The van der Waals surface area contributed by atoms with Gasteiger partial charge in [-0.05, 0) is 48.0 Å². The van der Waals surface area contributed by atoms with Crippen molar-refractivity contribution in [2.75, 3.05) is 20.0 Å². The Kier molecular flexibility index (Phi) is 7.72. The summed E-state index contributed by atoms with van der Waals surface area (Å²) in [6.45, 7) is 0.714. The van der Waals surface area contributed by atoms with Gasteiger partial charge in [0.2, 0.25) is 0 Å². The van der Waals surface area contributed by atoms with Crippen molar-refractivity contribution in [3.8, 4) is 17.2 Å². The number of esters is 1. The van der Waals surface area contributed by atoms with Gasteiger partial charge in [0.05, 0.1) is 25.5 Å². The quantitative estimate of drug-likeness (QED) is 0.336. The second-order valence-electron chi connectivity index (χ2n) is 6.94. The van der Waals surface area contributed by atoms with E-state index in [4.69, 9.17) is 18.4 Å². The highest BCUT2D eigenvalue weighted by Crippen LogP contribution is 2.20. The lowest BCUT2D eigenvalue weighted by Crippen LogP contribution is -2.07. The number of ether oxygens (including phenoxy) is 3. The van der Waals surface area contributed by atoms with Crippen molar-refractivity contribution >= 4 is 16.1 Å². The molecule has 0 aromatic heterocycles. The molecule has 0 saturated heterocycles. The number of hydrogen-bond donors (Lipinski definition) is 0. The minimum absolute atomic E-state index is 0.240. The van der Waals surface area contributed by atoms with E-state index in [1.54, 1.807) is 36.4 Å². The summed E-state index contributed by atoms with van der Waals surface area (Å²) < 4.78 is 43.4. The first-order valence-electron chi connectivity index (χ1n) is 9.84. The molecule has 0 radical (unpaired) electrons. The highest BCUT2D eigenvalue weighted by atomic mass is 32.2. The van der Waals surface area contributed by atoms with Gasteiger partial charge in [0.25, 0.3) is 0 Å². The van der Waals surface area contributed by atoms with Gasteiger partial charge in [-0.2, -0.15) is 8.42 Å². The van der Waals surface area contributed by atoms with Crippen LogP contribution in [0.1, 0.15) is 21.5 Å². The Labute approximate surface area is 187 Å². The fraction of sp³-hybridized carbons (Fsp3) is 0.208. The Morgan fingerprint density at radius 3 is 2.06 bits per heavy atom. The molecular formula is C24H24O7S. The van der Waals surface area contributed by atoms with Gasteiger partial charge < -0.3 is 18.4 Å². The van der Waals surface area contributed by atoms with Crippen LogP contribution in [0.25, 0.3) is 0 Å². The topological polar surface area (TPSA) is 88.1 Å². The summed E-state index contributed by atoms with van der Waals surface area (Å²) >= 11 is 0. The lowest BCUT2D eigenvalue weighted by molar-refractivity contribution is 0.0597. The van der Waals surface area contributed by atoms with Gasteiger partial charge >= 0.3 is 16.1 Å². The zero-order valence-electron chi connectivity index (χ0n) is 17.8. The number of carbonyl (C=O) groups excluding carboxylic acids is 1. The number of methoxy groups -OCH3 is 1. The molecule has 0 bridgehead atoms. The first kappa shape index (κ1) is 23.1. The Morgan fingerprint density at radius 2 is 1.41 bits per heavy atom. The van der Waals surface area contributed by atoms with E-state index in [1.165, 1.54) is 7.11 Å². The summed E-state index contributed by atoms with van der Waals surface area (Å²) in [7, 11) is -2.19. The molecular weight excluding hydrogens is 432 g/mol. The Morgan fingerprint density at radius 1 is 0.812 bits per heavy atom. The third kappa shape index (κ3) is 7.02. The van der Waals surface area contributed by atoms with Gasteiger partial charge in [-0.3, -0.25) is 0 Å². The van der Waals surface area contributed by atoms with E-state index in [1.807, 2.05) is 36.4 Å². The van der Waals surface area contributed by atoms with E-state index in [0.29, 0.717) is 30.1 Å². The molecule has 3 aromatic carbocycles. The molecule has 3 aromatic rings. The van der Waals surface area contributed by atoms with E-state index in [-0.39, 0.29) is 12.4 Å². The average Bonchev–Trinajstić information content (AvgIpc) is 2.78. The second-order valence-corrected chi connectivity index (χ2v) is 8.51. The average molecular weight is 457 g/mol. The van der Waals surface area contributed by atoms with E-state index in [9.17, 15) is 13.2 Å². The normalized spacial score (nSPS) is 10.9. The summed E-state index contributed by atoms with van der Waals surface area (Å²) in [6, 6.07) is 21.2.